The highest BCUT2D eigenvalue weighted by molar-refractivity contribution is 5.61. The summed E-state index contributed by atoms with van der Waals surface area (Å²) in [4.78, 5) is 4.58. The van der Waals surface area contributed by atoms with Gasteiger partial charge in [-0.15, -0.1) is 0 Å². The first-order valence-corrected chi connectivity index (χ1v) is 7.18. The third kappa shape index (κ3) is 3.11. The van der Waals surface area contributed by atoms with Gasteiger partial charge in [0.15, 0.2) is 5.82 Å². The highest BCUT2D eigenvalue weighted by Gasteiger charge is 2.04. The Morgan fingerprint density at radius 1 is 1.00 bits per heavy atom. The molecule has 0 unspecified atom stereocenters. The molecule has 106 valence electrons. The number of aromatic nitrogens is 3. The molecule has 3 rings (SSSR count). The average Bonchev–Trinajstić information content (AvgIpc) is 3.04. The molecule has 0 fully saturated rings. The van der Waals surface area contributed by atoms with Crippen LogP contribution in [0.25, 0.3) is 16.9 Å². The summed E-state index contributed by atoms with van der Waals surface area (Å²) in [5, 5.41) is 7.70. The Morgan fingerprint density at radius 2 is 1.86 bits per heavy atom. The molecule has 0 radical (unpaired) electrons. The van der Waals surface area contributed by atoms with Crippen molar-refractivity contribution in [3.8, 4) is 16.9 Å². The van der Waals surface area contributed by atoms with Gasteiger partial charge in [0.25, 0.3) is 0 Å². The van der Waals surface area contributed by atoms with E-state index in [0.29, 0.717) is 0 Å². The summed E-state index contributed by atoms with van der Waals surface area (Å²) in [6.45, 7) is 3.06. The van der Waals surface area contributed by atoms with Crippen LogP contribution in [-0.4, -0.2) is 21.3 Å². The maximum absolute atomic E-state index is 4.58. The lowest BCUT2D eigenvalue weighted by molar-refractivity contribution is 0.845. The maximum Gasteiger partial charge on any atom is 0.155 e. The van der Waals surface area contributed by atoms with E-state index in [1.165, 1.54) is 0 Å². The Labute approximate surface area is 124 Å². The Morgan fingerprint density at radius 3 is 2.67 bits per heavy atom. The first-order valence-electron chi connectivity index (χ1n) is 7.18. The van der Waals surface area contributed by atoms with Gasteiger partial charge in [0, 0.05) is 18.3 Å². The second-order valence-corrected chi connectivity index (χ2v) is 4.85. The number of anilines is 1. The minimum absolute atomic E-state index is 0.818. The van der Waals surface area contributed by atoms with E-state index in [1.807, 2.05) is 48.8 Å². The fraction of sp³-hybridized carbons (Fsp3) is 0.176. The lowest BCUT2D eigenvalue weighted by atomic mass is 10.1. The van der Waals surface area contributed by atoms with E-state index in [9.17, 15) is 0 Å². The first-order chi connectivity index (χ1) is 10.4. The van der Waals surface area contributed by atoms with E-state index < -0.39 is 0 Å². The summed E-state index contributed by atoms with van der Waals surface area (Å²) in [6.07, 6.45) is 4.94. The molecular formula is C17H18N4. The lowest BCUT2D eigenvalue weighted by Gasteiger charge is -2.06. The molecule has 0 aliphatic heterocycles. The number of rotatable bonds is 5. The minimum atomic E-state index is 0.818. The number of hydrogen-bond donors (Lipinski definition) is 1. The fourth-order valence-electron chi connectivity index (χ4n) is 2.13. The van der Waals surface area contributed by atoms with Gasteiger partial charge in [0.2, 0.25) is 0 Å². The molecule has 3 aromatic rings. The highest BCUT2D eigenvalue weighted by atomic mass is 15.3. The summed E-state index contributed by atoms with van der Waals surface area (Å²) in [7, 11) is 0. The van der Waals surface area contributed by atoms with E-state index in [-0.39, 0.29) is 0 Å². The number of pyridine rings is 1. The number of hydrogen-bond acceptors (Lipinski definition) is 3. The number of nitrogens with one attached hydrogen (secondary N) is 1. The molecule has 0 saturated heterocycles. The number of benzene rings is 1. The monoisotopic (exact) mass is 278 g/mol. The zero-order valence-electron chi connectivity index (χ0n) is 12.0. The van der Waals surface area contributed by atoms with E-state index in [2.05, 4.69) is 34.5 Å². The van der Waals surface area contributed by atoms with Crippen LogP contribution in [-0.2, 0) is 0 Å². The second-order valence-electron chi connectivity index (χ2n) is 4.85. The van der Waals surface area contributed by atoms with Gasteiger partial charge in [-0.3, -0.25) is 0 Å². The molecular weight excluding hydrogens is 260 g/mol. The third-order valence-corrected chi connectivity index (χ3v) is 3.21. The molecule has 2 heterocycles. The molecule has 0 spiro atoms. The van der Waals surface area contributed by atoms with E-state index in [4.69, 9.17) is 0 Å². The SMILES string of the molecule is CCCNc1cccc(-n2cc(-c3ccccc3)cn2)n1. The molecule has 0 aliphatic rings. The molecule has 0 amide bonds. The zero-order chi connectivity index (χ0) is 14.5. The van der Waals surface area contributed by atoms with Crippen LogP contribution in [0.4, 0.5) is 5.82 Å². The molecule has 1 aromatic carbocycles. The van der Waals surface area contributed by atoms with Crippen molar-refractivity contribution in [3.63, 3.8) is 0 Å². The van der Waals surface area contributed by atoms with Crippen LogP contribution in [0.5, 0.6) is 0 Å². The molecule has 0 aliphatic carbocycles. The standard InChI is InChI=1S/C17H18N4/c1-2-11-18-16-9-6-10-17(20-16)21-13-15(12-19-21)14-7-4-3-5-8-14/h3-10,12-13H,2,11H2,1H3,(H,18,20). The van der Waals surface area contributed by atoms with Crippen molar-refractivity contribution in [2.75, 3.05) is 11.9 Å². The van der Waals surface area contributed by atoms with Gasteiger partial charge in [0.05, 0.1) is 6.20 Å². The topological polar surface area (TPSA) is 42.7 Å². The molecule has 0 atom stereocenters. The van der Waals surface area contributed by atoms with Gasteiger partial charge in [-0.25, -0.2) is 9.67 Å². The summed E-state index contributed by atoms with van der Waals surface area (Å²) in [6, 6.07) is 16.1. The van der Waals surface area contributed by atoms with Crippen LogP contribution in [0.1, 0.15) is 13.3 Å². The molecule has 21 heavy (non-hydrogen) atoms. The van der Waals surface area contributed by atoms with Crippen LogP contribution in [0.2, 0.25) is 0 Å². The Kier molecular flexibility index (Phi) is 3.96. The van der Waals surface area contributed by atoms with Gasteiger partial charge in [0.1, 0.15) is 5.82 Å². The van der Waals surface area contributed by atoms with Crippen molar-refractivity contribution in [2.45, 2.75) is 13.3 Å². The predicted molar refractivity (Wildman–Crippen MR) is 85.6 cm³/mol. The minimum Gasteiger partial charge on any atom is -0.370 e. The van der Waals surface area contributed by atoms with Crippen LogP contribution >= 0.6 is 0 Å². The zero-order valence-corrected chi connectivity index (χ0v) is 12.0. The lowest BCUT2D eigenvalue weighted by Crippen LogP contribution is -2.04. The van der Waals surface area contributed by atoms with Gasteiger partial charge in [-0.1, -0.05) is 43.3 Å². The van der Waals surface area contributed by atoms with Crippen LogP contribution in [0.15, 0.2) is 60.9 Å². The number of nitrogens with zero attached hydrogens (tertiary/aromatic N) is 3. The van der Waals surface area contributed by atoms with Crippen LogP contribution in [0, 0.1) is 0 Å². The van der Waals surface area contributed by atoms with Crippen molar-refractivity contribution in [1.82, 2.24) is 14.8 Å². The molecule has 4 heteroatoms. The van der Waals surface area contributed by atoms with E-state index in [1.54, 1.807) is 4.68 Å². The van der Waals surface area contributed by atoms with Crippen molar-refractivity contribution in [2.24, 2.45) is 0 Å². The summed E-state index contributed by atoms with van der Waals surface area (Å²) < 4.78 is 1.81. The van der Waals surface area contributed by atoms with Crippen molar-refractivity contribution in [1.29, 1.82) is 0 Å². The van der Waals surface area contributed by atoms with Crippen molar-refractivity contribution >= 4 is 5.82 Å². The molecule has 4 nitrogen and oxygen atoms in total. The Bertz CT molecular complexity index is 704. The first kappa shape index (κ1) is 13.4. The molecule has 2 aromatic heterocycles. The van der Waals surface area contributed by atoms with Crippen LogP contribution < -0.4 is 5.32 Å². The van der Waals surface area contributed by atoms with Crippen molar-refractivity contribution < 1.29 is 0 Å². The van der Waals surface area contributed by atoms with E-state index >= 15 is 0 Å². The molecule has 0 saturated carbocycles. The second kappa shape index (κ2) is 6.22. The maximum atomic E-state index is 4.58. The Balaban J connectivity index is 1.86. The Hall–Kier alpha value is -2.62. The molecule has 0 bridgehead atoms. The van der Waals surface area contributed by atoms with Gasteiger partial charge in [-0.05, 0) is 24.1 Å². The fourth-order valence-corrected chi connectivity index (χ4v) is 2.13. The summed E-state index contributed by atoms with van der Waals surface area (Å²) >= 11 is 0. The van der Waals surface area contributed by atoms with Gasteiger partial charge < -0.3 is 5.32 Å². The summed E-state index contributed by atoms with van der Waals surface area (Å²) in [5.41, 5.74) is 2.24. The van der Waals surface area contributed by atoms with Crippen LogP contribution in [0.3, 0.4) is 0 Å². The normalized spacial score (nSPS) is 10.5. The average molecular weight is 278 g/mol. The quantitative estimate of drug-likeness (QED) is 0.772. The van der Waals surface area contributed by atoms with Gasteiger partial charge in [-0.2, -0.15) is 5.10 Å². The van der Waals surface area contributed by atoms with Crippen molar-refractivity contribution in [3.05, 3.63) is 60.9 Å². The van der Waals surface area contributed by atoms with Gasteiger partial charge >= 0.3 is 0 Å². The predicted octanol–water partition coefficient (Wildman–Crippen LogP) is 3.76. The third-order valence-electron chi connectivity index (χ3n) is 3.21. The molecule has 1 N–H and O–H groups in total. The largest absolute Gasteiger partial charge is 0.370 e. The van der Waals surface area contributed by atoms with E-state index in [0.717, 1.165) is 35.7 Å². The highest BCUT2D eigenvalue weighted by Crippen LogP contribution is 2.19. The smallest absolute Gasteiger partial charge is 0.155 e. The summed E-state index contributed by atoms with van der Waals surface area (Å²) in [5.74, 6) is 1.70.